The van der Waals surface area contributed by atoms with Crippen LogP contribution in [0.3, 0.4) is 0 Å². The van der Waals surface area contributed by atoms with Gasteiger partial charge in [0.25, 0.3) is 0 Å². The minimum absolute atomic E-state index is 0.136. The highest BCUT2D eigenvalue weighted by Gasteiger charge is 2.10. The van der Waals surface area contributed by atoms with Crippen molar-refractivity contribution in [3.8, 4) is 6.07 Å². The van der Waals surface area contributed by atoms with Crippen LogP contribution in [-0.2, 0) is 4.74 Å². The fourth-order valence-corrected chi connectivity index (χ4v) is 1.16. The lowest BCUT2D eigenvalue weighted by Crippen LogP contribution is -2.37. The number of aliphatic hydroxyl groups is 1. The molecule has 0 rings (SSSR count). The lowest BCUT2D eigenvalue weighted by atomic mass is 10.1. The van der Waals surface area contributed by atoms with Crippen LogP contribution in [0, 0.1) is 11.3 Å². The second-order valence-corrected chi connectivity index (χ2v) is 3.62. The summed E-state index contributed by atoms with van der Waals surface area (Å²) >= 11 is 0. The number of ether oxygens (including phenoxy) is 1. The van der Waals surface area contributed by atoms with Crippen LogP contribution < -0.4 is 5.32 Å². The summed E-state index contributed by atoms with van der Waals surface area (Å²) in [4.78, 5) is 11.3. The van der Waals surface area contributed by atoms with E-state index in [2.05, 4.69) is 5.32 Å². The molecule has 2 N–H and O–H groups in total. The molecule has 0 saturated heterocycles. The maximum atomic E-state index is 11.3. The number of nitrogens with zero attached hydrogens (tertiary/aromatic N) is 1. The number of aliphatic hydroxyl groups excluding tert-OH is 1. The van der Waals surface area contributed by atoms with Crippen LogP contribution in [0.2, 0.25) is 0 Å². The summed E-state index contributed by atoms with van der Waals surface area (Å²) in [6, 6.07) is 1.55. The Bertz CT molecular complexity index is 271. The molecule has 0 aromatic heterocycles. The van der Waals surface area contributed by atoms with Crippen molar-refractivity contribution >= 4 is 6.09 Å². The molecule has 0 saturated carbocycles. The van der Waals surface area contributed by atoms with E-state index < -0.39 is 6.09 Å². The Morgan fingerprint density at radius 3 is 3.00 bits per heavy atom. The van der Waals surface area contributed by atoms with E-state index in [0.717, 1.165) is 12.8 Å². The number of alkyl carbamates (subject to hydrolysis) is 1. The first-order valence-corrected chi connectivity index (χ1v) is 5.83. The van der Waals surface area contributed by atoms with Gasteiger partial charge in [-0.15, -0.1) is 0 Å². The molecule has 0 aliphatic carbocycles. The summed E-state index contributed by atoms with van der Waals surface area (Å²) in [7, 11) is 0. The minimum Gasteiger partial charge on any atom is -0.450 e. The van der Waals surface area contributed by atoms with Gasteiger partial charge in [-0.3, -0.25) is 0 Å². The Morgan fingerprint density at radius 1 is 1.65 bits per heavy atom. The Morgan fingerprint density at radius 2 is 2.41 bits per heavy atom. The van der Waals surface area contributed by atoms with Gasteiger partial charge in [0.05, 0.1) is 25.3 Å². The molecular weight excluding hydrogens is 220 g/mol. The number of carbonyl (C=O) groups is 1. The van der Waals surface area contributed by atoms with E-state index in [1.807, 2.05) is 13.0 Å². The zero-order valence-electron chi connectivity index (χ0n) is 10.2. The van der Waals surface area contributed by atoms with Gasteiger partial charge < -0.3 is 15.2 Å². The summed E-state index contributed by atoms with van der Waals surface area (Å²) in [5.74, 6) is 0. The van der Waals surface area contributed by atoms with Crippen LogP contribution in [0.25, 0.3) is 0 Å². The van der Waals surface area contributed by atoms with Gasteiger partial charge in [0, 0.05) is 6.08 Å². The van der Waals surface area contributed by atoms with Crippen LogP contribution in [0.4, 0.5) is 4.79 Å². The van der Waals surface area contributed by atoms with E-state index >= 15 is 0 Å². The quantitative estimate of drug-likeness (QED) is 0.500. The standard InChI is InChI=1S/C12H20N2O3/c1-2-3-9-17-12(16)14-11(10-15)7-5-4-6-8-13/h4,6,11,15H,2-3,5,7,9-10H2,1H3,(H,14,16). The highest BCUT2D eigenvalue weighted by Crippen LogP contribution is 1.99. The lowest BCUT2D eigenvalue weighted by Gasteiger charge is -2.15. The monoisotopic (exact) mass is 240 g/mol. The van der Waals surface area contributed by atoms with Gasteiger partial charge in [0.1, 0.15) is 0 Å². The van der Waals surface area contributed by atoms with Crippen molar-refractivity contribution in [3.63, 3.8) is 0 Å². The molecule has 0 heterocycles. The SMILES string of the molecule is CCCCOC(=O)NC(CO)CCC=CC#N. The Balaban J connectivity index is 3.76. The van der Waals surface area contributed by atoms with Crippen LogP contribution in [0.15, 0.2) is 12.2 Å². The second kappa shape index (κ2) is 11.0. The van der Waals surface area contributed by atoms with Gasteiger partial charge in [-0.1, -0.05) is 19.4 Å². The second-order valence-electron chi connectivity index (χ2n) is 3.62. The molecule has 0 aliphatic rings. The van der Waals surface area contributed by atoms with Crippen molar-refractivity contribution in [2.45, 2.75) is 38.6 Å². The maximum absolute atomic E-state index is 11.3. The van der Waals surface area contributed by atoms with E-state index in [1.165, 1.54) is 6.08 Å². The fourth-order valence-electron chi connectivity index (χ4n) is 1.16. The van der Waals surface area contributed by atoms with Gasteiger partial charge in [-0.05, 0) is 19.3 Å². The van der Waals surface area contributed by atoms with Crippen molar-refractivity contribution < 1.29 is 14.6 Å². The number of nitriles is 1. The number of hydrogen-bond acceptors (Lipinski definition) is 4. The molecule has 0 radical (unpaired) electrons. The zero-order chi connectivity index (χ0) is 12.9. The molecule has 1 amide bonds. The molecule has 0 spiro atoms. The molecular formula is C12H20N2O3. The van der Waals surface area contributed by atoms with Crippen molar-refractivity contribution in [1.29, 1.82) is 5.26 Å². The first-order valence-electron chi connectivity index (χ1n) is 5.83. The minimum atomic E-state index is -0.498. The third kappa shape index (κ3) is 9.39. The zero-order valence-corrected chi connectivity index (χ0v) is 10.2. The lowest BCUT2D eigenvalue weighted by molar-refractivity contribution is 0.133. The van der Waals surface area contributed by atoms with Crippen molar-refractivity contribution in [2.75, 3.05) is 13.2 Å². The number of amides is 1. The molecule has 96 valence electrons. The average molecular weight is 240 g/mol. The van der Waals surface area contributed by atoms with E-state index in [4.69, 9.17) is 15.1 Å². The van der Waals surface area contributed by atoms with Crippen molar-refractivity contribution in [2.24, 2.45) is 0 Å². The third-order valence-electron chi connectivity index (χ3n) is 2.15. The third-order valence-corrected chi connectivity index (χ3v) is 2.15. The summed E-state index contributed by atoms with van der Waals surface area (Å²) < 4.78 is 4.91. The van der Waals surface area contributed by atoms with E-state index in [9.17, 15) is 4.79 Å². The molecule has 0 aromatic rings. The van der Waals surface area contributed by atoms with E-state index in [1.54, 1.807) is 6.08 Å². The normalized spacial score (nSPS) is 12.1. The molecule has 5 heteroatoms. The average Bonchev–Trinajstić information content (AvgIpc) is 2.33. The number of carbonyl (C=O) groups excluding carboxylic acids is 1. The highest BCUT2D eigenvalue weighted by atomic mass is 16.5. The predicted molar refractivity (Wildman–Crippen MR) is 64.3 cm³/mol. The fraction of sp³-hybridized carbons (Fsp3) is 0.667. The molecule has 17 heavy (non-hydrogen) atoms. The Labute approximate surface area is 102 Å². The van der Waals surface area contributed by atoms with Crippen LogP contribution >= 0.6 is 0 Å². The Kier molecular flexibility index (Phi) is 9.97. The number of rotatable bonds is 8. The van der Waals surface area contributed by atoms with Gasteiger partial charge >= 0.3 is 6.09 Å². The first kappa shape index (κ1) is 15.5. The molecule has 0 bridgehead atoms. The topological polar surface area (TPSA) is 82.3 Å². The summed E-state index contributed by atoms with van der Waals surface area (Å²) in [5, 5.41) is 19.9. The van der Waals surface area contributed by atoms with Crippen LogP contribution in [0.5, 0.6) is 0 Å². The highest BCUT2D eigenvalue weighted by molar-refractivity contribution is 5.67. The number of hydrogen-bond donors (Lipinski definition) is 2. The van der Waals surface area contributed by atoms with E-state index in [-0.39, 0.29) is 12.6 Å². The largest absolute Gasteiger partial charge is 0.450 e. The summed E-state index contributed by atoms with van der Waals surface area (Å²) in [6.07, 6.45) is 5.60. The van der Waals surface area contributed by atoms with Gasteiger partial charge in [-0.25, -0.2) is 4.79 Å². The van der Waals surface area contributed by atoms with Crippen LogP contribution in [-0.4, -0.2) is 30.5 Å². The first-order chi connectivity index (χ1) is 8.24. The molecule has 5 nitrogen and oxygen atoms in total. The van der Waals surface area contributed by atoms with Gasteiger partial charge in [0.15, 0.2) is 0 Å². The number of allylic oxidation sites excluding steroid dienone is 2. The van der Waals surface area contributed by atoms with Gasteiger partial charge in [-0.2, -0.15) is 5.26 Å². The smallest absolute Gasteiger partial charge is 0.407 e. The molecule has 1 atom stereocenters. The number of unbranched alkanes of at least 4 members (excludes halogenated alkanes) is 1. The van der Waals surface area contributed by atoms with Crippen molar-refractivity contribution in [3.05, 3.63) is 12.2 Å². The molecule has 0 aliphatic heterocycles. The van der Waals surface area contributed by atoms with Gasteiger partial charge in [0.2, 0.25) is 0 Å². The maximum Gasteiger partial charge on any atom is 0.407 e. The molecule has 1 unspecified atom stereocenters. The van der Waals surface area contributed by atoms with Crippen molar-refractivity contribution in [1.82, 2.24) is 5.32 Å². The predicted octanol–water partition coefficient (Wildman–Crippen LogP) is 1.73. The molecule has 0 fully saturated rings. The number of nitrogens with one attached hydrogen (secondary N) is 1. The Hall–Kier alpha value is -1.54. The summed E-state index contributed by atoms with van der Waals surface area (Å²) in [6.45, 7) is 2.28. The summed E-state index contributed by atoms with van der Waals surface area (Å²) in [5.41, 5.74) is 0. The van der Waals surface area contributed by atoms with Crippen LogP contribution in [0.1, 0.15) is 32.6 Å². The van der Waals surface area contributed by atoms with E-state index in [0.29, 0.717) is 19.4 Å². The molecule has 0 aromatic carbocycles.